The van der Waals surface area contributed by atoms with E-state index in [0.29, 0.717) is 23.6 Å². The number of hydrogen-bond donors (Lipinski definition) is 2. The van der Waals surface area contributed by atoms with Gasteiger partial charge in [-0.15, -0.1) is 8.78 Å². The maximum Gasteiger partial charge on any atom is 0.586 e. The van der Waals surface area contributed by atoms with Gasteiger partial charge in [0, 0.05) is 17.5 Å². The summed E-state index contributed by atoms with van der Waals surface area (Å²) in [6.07, 6.45) is -3.68. The Bertz CT molecular complexity index is 1240. The Morgan fingerprint density at radius 2 is 1.85 bits per heavy atom. The number of carbonyl (C=O) groups is 1. The highest BCUT2D eigenvalue weighted by molar-refractivity contribution is 5.90. The first kappa shape index (κ1) is 22.4. The van der Waals surface area contributed by atoms with Crippen LogP contribution in [0.3, 0.4) is 0 Å². The summed E-state index contributed by atoms with van der Waals surface area (Å²) in [6, 6.07) is 12.3. The molecule has 172 valence electrons. The lowest BCUT2D eigenvalue weighted by molar-refractivity contribution is -0.286. The molecule has 6 nitrogen and oxygen atoms in total. The molecule has 0 amide bonds. The summed E-state index contributed by atoms with van der Waals surface area (Å²) in [7, 11) is 0. The molecule has 3 aromatic rings. The van der Waals surface area contributed by atoms with E-state index in [1.54, 1.807) is 25.1 Å². The lowest BCUT2D eigenvalue weighted by Gasteiger charge is -2.26. The molecule has 0 fully saturated rings. The third kappa shape index (κ3) is 4.44. The molecule has 0 unspecified atom stereocenters. The molecule has 2 N–H and O–H groups in total. The summed E-state index contributed by atoms with van der Waals surface area (Å²) in [5, 5.41) is 12.4. The molecule has 1 aliphatic rings. The predicted octanol–water partition coefficient (Wildman–Crippen LogP) is 5.61. The van der Waals surface area contributed by atoms with E-state index in [9.17, 15) is 23.1 Å². The van der Waals surface area contributed by atoms with E-state index in [1.807, 2.05) is 13.8 Å². The van der Waals surface area contributed by atoms with Crippen molar-refractivity contribution in [3.8, 4) is 22.8 Å². The number of hydrogen-bond acceptors (Lipinski definition) is 5. The number of halogens is 3. The van der Waals surface area contributed by atoms with Gasteiger partial charge >= 0.3 is 12.3 Å². The Hall–Kier alpha value is -3.75. The number of anilines is 1. The lowest BCUT2D eigenvalue weighted by atomic mass is 9.84. The fraction of sp³-hybridized carbons (Fsp3) is 0.250. The first-order chi connectivity index (χ1) is 15.5. The van der Waals surface area contributed by atoms with E-state index in [1.165, 1.54) is 30.3 Å². The second-order valence-electron chi connectivity index (χ2n) is 8.40. The van der Waals surface area contributed by atoms with E-state index in [-0.39, 0.29) is 17.1 Å². The molecule has 1 aromatic heterocycles. The number of aromatic nitrogens is 1. The molecule has 0 saturated carbocycles. The first-order valence-corrected chi connectivity index (χ1v) is 10.1. The zero-order valence-electron chi connectivity index (χ0n) is 18.1. The zero-order valence-corrected chi connectivity index (χ0v) is 18.1. The monoisotopic (exact) mass is 458 g/mol. The van der Waals surface area contributed by atoms with Crippen molar-refractivity contribution in [1.82, 2.24) is 4.98 Å². The predicted molar refractivity (Wildman–Crippen MR) is 115 cm³/mol. The van der Waals surface area contributed by atoms with Gasteiger partial charge in [-0.3, -0.25) is 0 Å². The van der Waals surface area contributed by atoms with Gasteiger partial charge in [0.2, 0.25) is 0 Å². The Balaban J connectivity index is 1.57. The minimum Gasteiger partial charge on any atom is -0.478 e. The van der Waals surface area contributed by atoms with Crippen LogP contribution in [-0.2, 0) is 5.41 Å². The minimum atomic E-state index is -3.68. The number of aryl methyl sites for hydroxylation is 1. The normalized spacial score (nSPS) is 14.2. The lowest BCUT2D eigenvalue weighted by Crippen LogP contribution is -2.28. The fourth-order valence-corrected chi connectivity index (χ4v) is 3.56. The summed E-state index contributed by atoms with van der Waals surface area (Å²) < 4.78 is 50.4. The number of alkyl halides is 2. The minimum absolute atomic E-state index is 0.0250. The number of nitrogens with zero attached hydrogens (tertiary/aromatic N) is 1. The van der Waals surface area contributed by atoms with Crippen molar-refractivity contribution in [2.75, 3.05) is 11.9 Å². The molecule has 0 aliphatic carbocycles. The third-order valence-electron chi connectivity index (χ3n) is 5.48. The molecule has 2 aromatic carbocycles. The Morgan fingerprint density at radius 1 is 1.12 bits per heavy atom. The summed E-state index contributed by atoms with van der Waals surface area (Å²) in [5.41, 5.74) is 0.884. The molecule has 4 rings (SSSR count). The molecule has 9 heteroatoms. The van der Waals surface area contributed by atoms with Gasteiger partial charge in [-0.25, -0.2) is 14.2 Å². The summed E-state index contributed by atoms with van der Waals surface area (Å²) in [6.45, 7) is 5.96. The molecule has 33 heavy (non-hydrogen) atoms. The second-order valence-corrected chi connectivity index (χ2v) is 8.40. The van der Waals surface area contributed by atoms with Crippen LogP contribution in [0.1, 0.15) is 35.3 Å². The van der Waals surface area contributed by atoms with Gasteiger partial charge < -0.3 is 19.9 Å². The first-order valence-electron chi connectivity index (χ1n) is 10.1. The van der Waals surface area contributed by atoms with Crippen LogP contribution in [-0.4, -0.2) is 28.9 Å². The average Bonchev–Trinajstić information content (AvgIpc) is 3.06. The van der Waals surface area contributed by atoms with E-state index >= 15 is 0 Å². The number of rotatable bonds is 6. The highest BCUT2D eigenvalue weighted by atomic mass is 19.3. The van der Waals surface area contributed by atoms with E-state index in [2.05, 4.69) is 19.8 Å². The zero-order chi connectivity index (χ0) is 24.0. The molecular weight excluding hydrogens is 437 g/mol. The molecule has 0 atom stereocenters. The van der Waals surface area contributed by atoms with Crippen molar-refractivity contribution >= 4 is 11.8 Å². The maximum absolute atomic E-state index is 14.8. The number of fused-ring (bicyclic) bond motifs is 1. The Labute approximate surface area is 188 Å². The molecule has 0 bridgehead atoms. The highest BCUT2D eigenvalue weighted by Gasteiger charge is 2.43. The number of carboxylic acid groups (broad SMARTS) is 1. The number of pyridine rings is 1. The van der Waals surface area contributed by atoms with Crippen LogP contribution >= 0.6 is 0 Å². The van der Waals surface area contributed by atoms with Crippen molar-refractivity contribution in [2.24, 2.45) is 0 Å². The topological polar surface area (TPSA) is 80.7 Å². The van der Waals surface area contributed by atoms with Gasteiger partial charge in [0.05, 0.1) is 11.3 Å². The van der Waals surface area contributed by atoms with Crippen LogP contribution in [0.5, 0.6) is 11.5 Å². The molecule has 2 heterocycles. The number of benzene rings is 2. The molecule has 0 spiro atoms. The van der Waals surface area contributed by atoms with Gasteiger partial charge in [0.25, 0.3) is 0 Å². The van der Waals surface area contributed by atoms with Crippen LogP contribution in [0.4, 0.5) is 19.0 Å². The molecular formula is C24H21F3N2O4. The average molecular weight is 458 g/mol. The standard InChI is InChI=1S/C24H21F3N2O4/c1-13-7-10-19(29-21(13)15-5-4-6-16(20(15)25)22(30)31)28-12-23(2,3)14-8-9-17-18(11-14)33-24(26,27)32-17/h4-11H,12H2,1-3H3,(H,28,29)(H,30,31). The van der Waals surface area contributed by atoms with Crippen LogP contribution in [0.15, 0.2) is 48.5 Å². The van der Waals surface area contributed by atoms with Crippen LogP contribution < -0.4 is 14.8 Å². The Morgan fingerprint density at radius 3 is 2.58 bits per heavy atom. The number of aromatic carboxylic acids is 1. The van der Waals surface area contributed by atoms with Gasteiger partial charge in [0.15, 0.2) is 11.5 Å². The van der Waals surface area contributed by atoms with Crippen molar-refractivity contribution < 1.29 is 32.5 Å². The summed E-state index contributed by atoms with van der Waals surface area (Å²) in [5.74, 6) is -1.81. The van der Waals surface area contributed by atoms with Gasteiger partial charge in [0.1, 0.15) is 11.6 Å². The van der Waals surface area contributed by atoms with Gasteiger partial charge in [-0.1, -0.05) is 32.0 Å². The largest absolute Gasteiger partial charge is 0.586 e. The quantitative estimate of drug-likeness (QED) is 0.500. The second kappa shape index (κ2) is 7.99. The van der Waals surface area contributed by atoms with E-state index in [4.69, 9.17) is 0 Å². The van der Waals surface area contributed by atoms with Crippen molar-refractivity contribution in [3.05, 3.63) is 71.0 Å². The van der Waals surface area contributed by atoms with Gasteiger partial charge in [-0.05, 0) is 48.4 Å². The highest BCUT2D eigenvalue weighted by Crippen LogP contribution is 2.43. The van der Waals surface area contributed by atoms with Crippen molar-refractivity contribution in [1.29, 1.82) is 0 Å². The van der Waals surface area contributed by atoms with Crippen LogP contribution in [0, 0.1) is 12.7 Å². The van der Waals surface area contributed by atoms with Crippen LogP contribution in [0.25, 0.3) is 11.3 Å². The van der Waals surface area contributed by atoms with E-state index < -0.39 is 29.1 Å². The molecule has 0 saturated heterocycles. The number of carboxylic acids is 1. The number of nitrogens with one attached hydrogen (secondary N) is 1. The van der Waals surface area contributed by atoms with Crippen molar-refractivity contribution in [2.45, 2.75) is 32.5 Å². The van der Waals surface area contributed by atoms with E-state index in [0.717, 1.165) is 5.56 Å². The van der Waals surface area contributed by atoms with Crippen molar-refractivity contribution in [3.63, 3.8) is 0 Å². The summed E-state index contributed by atoms with van der Waals surface area (Å²) in [4.78, 5) is 15.8. The number of ether oxygens (including phenoxy) is 2. The smallest absolute Gasteiger partial charge is 0.478 e. The maximum atomic E-state index is 14.8. The Kier molecular flexibility index (Phi) is 5.43. The van der Waals surface area contributed by atoms with Gasteiger partial charge in [-0.2, -0.15) is 0 Å². The van der Waals surface area contributed by atoms with Crippen LogP contribution in [0.2, 0.25) is 0 Å². The SMILES string of the molecule is Cc1ccc(NCC(C)(C)c2ccc3c(c2)OC(F)(F)O3)nc1-c1cccc(C(=O)O)c1F. The molecule has 0 radical (unpaired) electrons. The molecule has 1 aliphatic heterocycles. The fourth-order valence-electron chi connectivity index (χ4n) is 3.56. The third-order valence-corrected chi connectivity index (χ3v) is 5.48. The summed E-state index contributed by atoms with van der Waals surface area (Å²) >= 11 is 0.